The van der Waals surface area contributed by atoms with Crippen LogP contribution in [0.4, 0.5) is 13.2 Å². The van der Waals surface area contributed by atoms with Crippen molar-refractivity contribution in [2.24, 2.45) is 0 Å². The van der Waals surface area contributed by atoms with Gasteiger partial charge in [0.25, 0.3) is 0 Å². The van der Waals surface area contributed by atoms with Crippen LogP contribution in [0.1, 0.15) is 54.2 Å². The first-order chi connectivity index (χ1) is 14.4. The van der Waals surface area contributed by atoms with Gasteiger partial charge in [0.05, 0.1) is 23.8 Å². The summed E-state index contributed by atoms with van der Waals surface area (Å²) >= 11 is 0. The third kappa shape index (κ3) is 4.83. The second-order valence-electron chi connectivity index (χ2n) is 8.14. The highest BCUT2D eigenvalue weighted by Crippen LogP contribution is 2.32. The number of carbonyl (C=O) groups excluding carboxylic acids is 1. The highest BCUT2D eigenvalue weighted by Gasteiger charge is 2.31. The van der Waals surface area contributed by atoms with Crippen molar-refractivity contribution in [3.05, 3.63) is 65.0 Å². The number of alkyl halides is 3. The zero-order chi connectivity index (χ0) is 21.1. The fourth-order valence-corrected chi connectivity index (χ4v) is 4.39. The van der Waals surface area contributed by atoms with Gasteiger partial charge in [0.2, 0.25) is 5.91 Å². The van der Waals surface area contributed by atoms with Crippen molar-refractivity contribution < 1.29 is 18.0 Å². The van der Waals surface area contributed by atoms with Gasteiger partial charge in [-0.1, -0.05) is 18.2 Å². The number of carbonyl (C=O) groups is 1. The monoisotopic (exact) mass is 417 g/mol. The Balaban J connectivity index is 1.43. The van der Waals surface area contributed by atoms with Crippen LogP contribution in [0.5, 0.6) is 0 Å². The quantitative estimate of drug-likeness (QED) is 0.721. The Morgan fingerprint density at radius 1 is 1.00 bits per heavy atom. The number of pyridine rings is 1. The summed E-state index contributed by atoms with van der Waals surface area (Å²) in [5.41, 5.74) is 1.91. The number of benzene rings is 1. The predicted octanol–water partition coefficient (Wildman–Crippen LogP) is 4.45. The molecular weight excluding hydrogens is 391 g/mol. The minimum Gasteiger partial charge on any atom is -0.342 e. The molecular formula is C23H26F3N3O. The van der Waals surface area contributed by atoms with E-state index in [0.29, 0.717) is 13.0 Å². The minimum atomic E-state index is -4.32. The smallest absolute Gasteiger partial charge is 0.342 e. The molecule has 4 rings (SSSR count). The van der Waals surface area contributed by atoms with Gasteiger partial charge in [-0.2, -0.15) is 13.2 Å². The number of likely N-dealkylation sites (tertiary alicyclic amines) is 2. The van der Waals surface area contributed by atoms with E-state index in [0.717, 1.165) is 74.4 Å². The topological polar surface area (TPSA) is 36.4 Å². The van der Waals surface area contributed by atoms with E-state index < -0.39 is 11.7 Å². The molecule has 0 aliphatic carbocycles. The van der Waals surface area contributed by atoms with Crippen LogP contribution < -0.4 is 0 Å². The molecule has 1 aromatic heterocycles. The lowest BCUT2D eigenvalue weighted by Crippen LogP contribution is -2.38. The number of rotatable bonds is 5. The molecule has 0 unspecified atom stereocenters. The number of hydrogen-bond donors (Lipinski definition) is 0. The molecule has 1 aromatic carbocycles. The summed E-state index contributed by atoms with van der Waals surface area (Å²) in [5, 5.41) is 0. The van der Waals surface area contributed by atoms with E-state index in [1.807, 2.05) is 23.1 Å². The van der Waals surface area contributed by atoms with Crippen LogP contribution in [0.2, 0.25) is 0 Å². The SMILES string of the molecule is O=C(CN1CCC[C@H]1c1cccc(Cc2ccc(C(F)(F)F)cc2)n1)N1CCCC1. The molecule has 0 spiro atoms. The van der Waals surface area contributed by atoms with E-state index in [9.17, 15) is 18.0 Å². The zero-order valence-corrected chi connectivity index (χ0v) is 16.9. The van der Waals surface area contributed by atoms with Crippen LogP contribution in [-0.4, -0.2) is 46.9 Å². The summed E-state index contributed by atoms with van der Waals surface area (Å²) in [4.78, 5) is 21.5. The number of hydrogen-bond acceptors (Lipinski definition) is 3. The fraction of sp³-hybridized carbons (Fsp3) is 0.478. The first-order valence-corrected chi connectivity index (χ1v) is 10.5. The molecule has 2 aliphatic rings. The van der Waals surface area contributed by atoms with Gasteiger partial charge in [0.15, 0.2) is 0 Å². The average Bonchev–Trinajstić information content (AvgIpc) is 3.40. The zero-order valence-electron chi connectivity index (χ0n) is 16.9. The Morgan fingerprint density at radius 3 is 2.43 bits per heavy atom. The molecule has 0 N–H and O–H groups in total. The summed E-state index contributed by atoms with van der Waals surface area (Å²) in [5.74, 6) is 0.195. The fourth-order valence-electron chi connectivity index (χ4n) is 4.39. The number of amides is 1. The molecule has 3 heterocycles. The van der Waals surface area contributed by atoms with Gasteiger partial charge >= 0.3 is 6.18 Å². The van der Waals surface area contributed by atoms with Crippen molar-refractivity contribution in [2.75, 3.05) is 26.2 Å². The largest absolute Gasteiger partial charge is 0.416 e. The molecule has 4 nitrogen and oxygen atoms in total. The van der Waals surface area contributed by atoms with E-state index in [1.54, 1.807) is 0 Å². The molecule has 0 radical (unpaired) electrons. The van der Waals surface area contributed by atoms with Gasteiger partial charge in [-0.3, -0.25) is 14.7 Å². The van der Waals surface area contributed by atoms with Crippen LogP contribution in [-0.2, 0) is 17.4 Å². The third-order valence-electron chi connectivity index (χ3n) is 6.00. The van der Waals surface area contributed by atoms with Gasteiger partial charge in [-0.15, -0.1) is 0 Å². The van der Waals surface area contributed by atoms with Crippen LogP contribution in [0, 0.1) is 0 Å². The third-order valence-corrected chi connectivity index (χ3v) is 6.00. The molecule has 160 valence electrons. The van der Waals surface area contributed by atoms with E-state index in [-0.39, 0.29) is 11.9 Å². The minimum absolute atomic E-state index is 0.115. The molecule has 2 saturated heterocycles. The molecule has 30 heavy (non-hydrogen) atoms. The molecule has 7 heteroatoms. The Morgan fingerprint density at radius 2 is 1.73 bits per heavy atom. The Bertz CT molecular complexity index is 876. The molecule has 2 aromatic rings. The van der Waals surface area contributed by atoms with E-state index in [1.165, 1.54) is 12.1 Å². The molecule has 2 fully saturated rings. The molecule has 1 amide bonds. The van der Waals surface area contributed by atoms with Gasteiger partial charge < -0.3 is 4.90 Å². The second kappa shape index (κ2) is 8.76. The van der Waals surface area contributed by atoms with Crippen molar-refractivity contribution in [1.29, 1.82) is 0 Å². The first kappa shape index (κ1) is 20.8. The standard InChI is InChI=1S/C23H26F3N3O/c24-23(25,26)18-10-8-17(9-11-18)15-19-5-3-6-20(27-19)21-7-4-14-29(21)16-22(30)28-12-1-2-13-28/h3,5-6,8-11,21H,1-2,4,7,12-16H2/t21-/m0/s1. The predicted molar refractivity (Wildman–Crippen MR) is 108 cm³/mol. The van der Waals surface area contributed by atoms with Gasteiger partial charge in [-0.25, -0.2) is 0 Å². The average molecular weight is 417 g/mol. The summed E-state index contributed by atoms with van der Waals surface area (Å²) in [7, 11) is 0. The Hall–Kier alpha value is -2.41. The van der Waals surface area contributed by atoms with Crippen LogP contribution in [0.3, 0.4) is 0 Å². The second-order valence-corrected chi connectivity index (χ2v) is 8.14. The number of nitrogens with zero attached hydrogens (tertiary/aromatic N) is 3. The highest BCUT2D eigenvalue weighted by molar-refractivity contribution is 5.78. The highest BCUT2D eigenvalue weighted by atomic mass is 19.4. The number of aromatic nitrogens is 1. The molecule has 1 atom stereocenters. The summed E-state index contributed by atoms with van der Waals surface area (Å²) in [6.07, 6.45) is 0.318. The van der Waals surface area contributed by atoms with Crippen molar-refractivity contribution in [3.63, 3.8) is 0 Å². The van der Waals surface area contributed by atoms with Gasteiger partial charge in [0, 0.05) is 25.2 Å². The van der Waals surface area contributed by atoms with Crippen molar-refractivity contribution in [3.8, 4) is 0 Å². The lowest BCUT2D eigenvalue weighted by atomic mass is 10.1. The van der Waals surface area contributed by atoms with Gasteiger partial charge in [-0.05, 0) is 62.1 Å². The maximum atomic E-state index is 12.8. The molecule has 0 bridgehead atoms. The Labute approximate surface area is 174 Å². The lowest BCUT2D eigenvalue weighted by Gasteiger charge is -2.26. The van der Waals surface area contributed by atoms with Crippen molar-refractivity contribution >= 4 is 5.91 Å². The van der Waals surface area contributed by atoms with Crippen LogP contribution in [0.25, 0.3) is 0 Å². The first-order valence-electron chi connectivity index (χ1n) is 10.5. The van der Waals surface area contributed by atoms with E-state index in [2.05, 4.69) is 4.90 Å². The summed E-state index contributed by atoms with van der Waals surface area (Å²) < 4.78 is 38.3. The van der Waals surface area contributed by atoms with Crippen LogP contribution in [0.15, 0.2) is 42.5 Å². The maximum Gasteiger partial charge on any atom is 0.416 e. The lowest BCUT2D eigenvalue weighted by molar-refractivity contribution is -0.137. The van der Waals surface area contributed by atoms with Crippen LogP contribution >= 0.6 is 0 Å². The number of halogens is 3. The van der Waals surface area contributed by atoms with Crippen molar-refractivity contribution in [1.82, 2.24) is 14.8 Å². The van der Waals surface area contributed by atoms with Gasteiger partial charge in [0.1, 0.15) is 0 Å². The molecule has 0 saturated carbocycles. The van der Waals surface area contributed by atoms with Crippen molar-refractivity contribution in [2.45, 2.75) is 44.3 Å². The van der Waals surface area contributed by atoms with E-state index in [4.69, 9.17) is 4.98 Å². The normalized spacial score (nSPS) is 20.1. The van der Waals surface area contributed by atoms with E-state index >= 15 is 0 Å². The maximum absolute atomic E-state index is 12.8. The Kier molecular flexibility index (Phi) is 6.09. The summed E-state index contributed by atoms with van der Waals surface area (Å²) in [6.45, 7) is 3.03. The molecule has 2 aliphatic heterocycles. The summed E-state index contributed by atoms with van der Waals surface area (Å²) in [6, 6.07) is 11.2.